The van der Waals surface area contributed by atoms with Crippen molar-refractivity contribution < 1.29 is 13.9 Å². The summed E-state index contributed by atoms with van der Waals surface area (Å²) >= 11 is 0. The largest absolute Gasteiger partial charge is 0.412 e. The van der Waals surface area contributed by atoms with Crippen molar-refractivity contribution in [1.82, 2.24) is 15.6 Å². The molecular weight excluding hydrogens is 345 g/mol. The number of hydrogen-bond donors (Lipinski definition) is 2. The third-order valence-corrected chi connectivity index (χ3v) is 4.68. The highest BCUT2D eigenvalue weighted by molar-refractivity contribution is 5.98. The van der Waals surface area contributed by atoms with E-state index in [1.54, 1.807) is 6.07 Å². The number of amides is 1. The molecule has 27 heavy (non-hydrogen) atoms. The van der Waals surface area contributed by atoms with Gasteiger partial charge in [0.2, 0.25) is 0 Å². The molecule has 1 unspecified atom stereocenters. The van der Waals surface area contributed by atoms with Gasteiger partial charge in [-0.1, -0.05) is 30.3 Å². The van der Waals surface area contributed by atoms with Gasteiger partial charge in [0, 0.05) is 28.9 Å². The molecule has 3 aromatic rings. The van der Waals surface area contributed by atoms with Gasteiger partial charge in [0.1, 0.15) is 5.82 Å². The first-order valence-corrected chi connectivity index (χ1v) is 9.03. The zero-order valence-electron chi connectivity index (χ0n) is 14.7. The summed E-state index contributed by atoms with van der Waals surface area (Å²) in [6.07, 6.45) is 2.83. The predicted molar refractivity (Wildman–Crippen MR) is 102 cm³/mol. The van der Waals surface area contributed by atoms with Gasteiger partial charge in [0.25, 0.3) is 0 Å². The van der Waals surface area contributed by atoms with Gasteiger partial charge in [0.15, 0.2) is 5.75 Å². The first-order valence-electron chi connectivity index (χ1n) is 9.03. The average molecular weight is 365 g/mol. The second-order valence-electron chi connectivity index (χ2n) is 6.60. The molecule has 0 aliphatic carbocycles. The van der Waals surface area contributed by atoms with Gasteiger partial charge in [-0.15, -0.1) is 0 Å². The maximum Gasteiger partial charge on any atom is 0.412 e. The number of pyridine rings is 1. The van der Waals surface area contributed by atoms with Crippen LogP contribution in [-0.2, 0) is 0 Å². The Kier molecular flexibility index (Phi) is 4.98. The van der Waals surface area contributed by atoms with Crippen molar-refractivity contribution in [2.45, 2.75) is 18.9 Å². The number of carbonyl (C=O) groups excluding carboxylic acids is 1. The summed E-state index contributed by atoms with van der Waals surface area (Å²) in [6.45, 7) is 1.68. The minimum Gasteiger partial charge on any atom is -0.408 e. The van der Waals surface area contributed by atoms with Crippen LogP contribution in [0.4, 0.5) is 9.18 Å². The fourth-order valence-corrected chi connectivity index (χ4v) is 3.37. The molecule has 1 aliphatic heterocycles. The SMILES string of the molecule is O=C(NC1CCCNC1)Oc1cnc(-c2ccccc2)c2ccc(F)cc12. The molecule has 1 fully saturated rings. The van der Waals surface area contributed by atoms with Gasteiger partial charge in [0.05, 0.1) is 11.9 Å². The van der Waals surface area contributed by atoms with Gasteiger partial charge in [-0.2, -0.15) is 0 Å². The van der Waals surface area contributed by atoms with Crippen molar-refractivity contribution in [2.24, 2.45) is 0 Å². The second kappa shape index (κ2) is 7.72. The number of nitrogens with zero attached hydrogens (tertiary/aromatic N) is 1. The maximum atomic E-state index is 13.9. The molecule has 138 valence electrons. The van der Waals surface area contributed by atoms with Crippen LogP contribution in [0.15, 0.2) is 54.7 Å². The van der Waals surface area contributed by atoms with Crippen molar-refractivity contribution in [3.63, 3.8) is 0 Å². The van der Waals surface area contributed by atoms with E-state index in [2.05, 4.69) is 15.6 Å². The molecule has 0 spiro atoms. The molecule has 6 heteroatoms. The summed E-state index contributed by atoms with van der Waals surface area (Å²) in [7, 11) is 0. The minimum atomic E-state index is -0.552. The number of ether oxygens (including phenoxy) is 1. The molecule has 2 aromatic carbocycles. The quantitative estimate of drug-likeness (QED) is 0.739. The van der Waals surface area contributed by atoms with Crippen LogP contribution in [0.25, 0.3) is 22.0 Å². The van der Waals surface area contributed by atoms with Crippen molar-refractivity contribution in [3.8, 4) is 17.0 Å². The van der Waals surface area contributed by atoms with Crippen LogP contribution in [0.2, 0.25) is 0 Å². The molecule has 1 aromatic heterocycles. The van der Waals surface area contributed by atoms with Gasteiger partial charge < -0.3 is 15.4 Å². The maximum absolute atomic E-state index is 13.9. The summed E-state index contributed by atoms with van der Waals surface area (Å²) in [6, 6.07) is 14.1. The lowest BCUT2D eigenvalue weighted by molar-refractivity contribution is 0.193. The number of benzene rings is 2. The Morgan fingerprint density at radius 3 is 2.81 bits per heavy atom. The number of rotatable bonds is 3. The van der Waals surface area contributed by atoms with Crippen molar-refractivity contribution >= 4 is 16.9 Å². The van der Waals surface area contributed by atoms with E-state index < -0.39 is 11.9 Å². The Morgan fingerprint density at radius 2 is 2.04 bits per heavy atom. The fourth-order valence-electron chi connectivity index (χ4n) is 3.37. The normalized spacial score (nSPS) is 16.9. The molecule has 0 radical (unpaired) electrons. The minimum absolute atomic E-state index is 0.0331. The third-order valence-electron chi connectivity index (χ3n) is 4.68. The zero-order valence-corrected chi connectivity index (χ0v) is 14.7. The molecular formula is C21H20FN3O2. The van der Waals surface area contributed by atoms with E-state index in [0.717, 1.165) is 42.6 Å². The molecule has 0 saturated carbocycles. The molecule has 0 bridgehead atoms. The monoisotopic (exact) mass is 365 g/mol. The molecule has 1 atom stereocenters. The molecule has 1 amide bonds. The first-order chi connectivity index (χ1) is 13.2. The van der Waals surface area contributed by atoms with E-state index in [9.17, 15) is 9.18 Å². The third kappa shape index (κ3) is 3.90. The van der Waals surface area contributed by atoms with E-state index in [-0.39, 0.29) is 11.8 Å². The van der Waals surface area contributed by atoms with Crippen LogP contribution >= 0.6 is 0 Å². The van der Waals surface area contributed by atoms with E-state index in [1.807, 2.05) is 30.3 Å². The Hall–Kier alpha value is -2.99. The number of halogens is 1. The molecule has 2 N–H and O–H groups in total. The van der Waals surface area contributed by atoms with E-state index in [4.69, 9.17) is 4.74 Å². The zero-order chi connectivity index (χ0) is 18.6. The summed E-state index contributed by atoms with van der Waals surface area (Å²) in [5.74, 6) is -0.153. The smallest absolute Gasteiger partial charge is 0.408 e. The van der Waals surface area contributed by atoms with Gasteiger partial charge in [-0.3, -0.25) is 4.98 Å². The fraction of sp³-hybridized carbons (Fsp3) is 0.238. The number of hydrogen-bond acceptors (Lipinski definition) is 4. The topological polar surface area (TPSA) is 63.2 Å². The predicted octanol–water partition coefficient (Wildman–Crippen LogP) is 3.88. The first kappa shape index (κ1) is 17.4. The highest BCUT2D eigenvalue weighted by Crippen LogP contribution is 2.33. The van der Waals surface area contributed by atoms with Crippen LogP contribution in [0.1, 0.15) is 12.8 Å². The number of carbonyl (C=O) groups is 1. The number of aromatic nitrogens is 1. The van der Waals surface area contributed by atoms with E-state index in [0.29, 0.717) is 5.39 Å². The number of fused-ring (bicyclic) bond motifs is 1. The highest BCUT2D eigenvalue weighted by atomic mass is 19.1. The summed E-state index contributed by atoms with van der Waals surface area (Å²) < 4.78 is 19.3. The number of nitrogens with one attached hydrogen (secondary N) is 2. The Labute approximate surface area is 156 Å². The highest BCUT2D eigenvalue weighted by Gasteiger charge is 2.18. The van der Waals surface area contributed by atoms with Crippen LogP contribution in [0.3, 0.4) is 0 Å². The average Bonchev–Trinajstić information content (AvgIpc) is 2.70. The van der Waals surface area contributed by atoms with Crippen LogP contribution in [-0.4, -0.2) is 30.2 Å². The van der Waals surface area contributed by atoms with Gasteiger partial charge in [-0.25, -0.2) is 9.18 Å². The lowest BCUT2D eigenvalue weighted by Gasteiger charge is -2.23. The van der Waals surface area contributed by atoms with Crippen molar-refractivity contribution in [3.05, 3.63) is 60.5 Å². The van der Waals surface area contributed by atoms with Crippen LogP contribution < -0.4 is 15.4 Å². The lowest BCUT2D eigenvalue weighted by atomic mass is 10.0. The van der Waals surface area contributed by atoms with Gasteiger partial charge >= 0.3 is 6.09 Å². The standard InChI is InChI=1S/C21H20FN3O2/c22-15-8-9-17-18(11-15)19(13-24-20(17)14-5-2-1-3-6-14)27-21(26)25-16-7-4-10-23-12-16/h1-3,5-6,8-9,11,13,16,23H,4,7,10,12H2,(H,25,26). The summed E-state index contributed by atoms with van der Waals surface area (Å²) in [4.78, 5) is 16.7. The lowest BCUT2D eigenvalue weighted by Crippen LogP contribution is -2.46. The molecule has 1 saturated heterocycles. The Balaban J connectivity index is 1.65. The number of piperidine rings is 1. The molecule has 5 nitrogen and oxygen atoms in total. The van der Waals surface area contributed by atoms with Gasteiger partial charge in [-0.05, 0) is 37.6 Å². The molecule has 1 aliphatic rings. The van der Waals surface area contributed by atoms with Crippen molar-refractivity contribution in [1.29, 1.82) is 0 Å². The van der Waals surface area contributed by atoms with E-state index >= 15 is 0 Å². The van der Waals surface area contributed by atoms with E-state index in [1.165, 1.54) is 18.3 Å². The summed E-state index contributed by atoms with van der Waals surface area (Å²) in [5, 5.41) is 7.33. The molecule has 4 rings (SSSR count). The summed E-state index contributed by atoms with van der Waals surface area (Å²) in [5.41, 5.74) is 1.63. The molecule has 2 heterocycles. The van der Waals surface area contributed by atoms with Crippen LogP contribution in [0, 0.1) is 5.82 Å². The Morgan fingerprint density at radius 1 is 1.19 bits per heavy atom. The van der Waals surface area contributed by atoms with Crippen molar-refractivity contribution in [2.75, 3.05) is 13.1 Å². The van der Waals surface area contributed by atoms with Crippen LogP contribution in [0.5, 0.6) is 5.75 Å². The second-order valence-corrected chi connectivity index (χ2v) is 6.60. The Bertz CT molecular complexity index is 956.